The Hall–Kier alpha value is -0.770. The van der Waals surface area contributed by atoms with Gasteiger partial charge in [0.2, 0.25) is 0 Å². The molecule has 1 aromatic carbocycles. The summed E-state index contributed by atoms with van der Waals surface area (Å²) in [7, 11) is 0. The second-order valence-corrected chi connectivity index (χ2v) is 6.48. The van der Waals surface area contributed by atoms with Crippen LogP contribution in [0.25, 0.3) is 0 Å². The van der Waals surface area contributed by atoms with E-state index < -0.39 is 0 Å². The second-order valence-electron chi connectivity index (χ2n) is 6.04. The summed E-state index contributed by atoms with van der Waals surface area (Å²) >= 11 is 6.15. The van der Waals surface area contributed by atoms with E-state index in [0.717, 1.165) is 43.2 Å². The first-order valence-corrected chi connectivity index (χ1v) is 7.86. The minimum Gasteiger partial charge on any atom is -0.391 e. The van der Waals surface area contributed by atoms with Crippen LogP contribution in [-0.4, -0.2) is 30.8 Å². The Balaban J connectivity index is 2.10. The van der Waals surface area contributed by atoms with Gasteiger partial charge in [-0.15, -0.1) is 0 Å². The van der Waals surface area contributed by atoms with Crippen LogP contribution in [0, 0.1) is 5.92 Å². The third kappa shape index (κ3) is 4.37. The van der Waals surface area contributed by atoms with Crippen molar-refractivity contribution in [3.63, 3.8) is 0 Å². The largest absolute Gasteiger partial charge is 0.391 e. The lowest BCUT2D eigenvalue weighted by Gasteiger charge is -2.33. The van der Waals surface area contributed by atoms with Gasteiger partial charge in [-0.05, 0) is 43.0 Å². The predicted molar refractivity (Wildman–Crippen MR) is 85.5 cm³/mol. The molecule has 4 heteroatoms. The van der Waals surface area contributed by atoms with Gasteiger partial charge in [0, 0.05) is 30.3 Å². The molecule has 3 nitrogen and oxygen atoms in total. The van der Waals surface area contributed by atoms with Crippen molar-refractivity contribution >= 4 is 17.3 Å². The van der Waals surface area contributed by atoms with Gasteiger partial charge < -0.3 is 15.3 Å². The fraction of sp³-hybridized carbons (Fsp3) is 0.625. The van der Waals surface area contributed by atoms with Crippen molar-refractivity contribution in [1.82, 2.24) is 5.32 Å². The number of hydrogen-bond acceptors (Lipinski definition) is 3. The molecule has 2 rings (SSSR count). The maximum absolute atomic E-state index is 9.86. The molecular formula is C16H25ClN2O. The van der Waals surface area contributed by atoms with Crippen molar-refractivity contribution in [3.8, 4) is 0 Å². The first-order chi connectivity index (χ1) is 9.56. The quantitative estimate of drug-likeness (QED) is 0.877. The van der Waals surface area contributed by atoms with Crippen LogP contribution in [0.5, 0.6) is 0 Å². The highest BCUT2D eigenvalue weighted by molar-refractivity contribution is 6.30. The van der Waals surface area contributed by atoms with E-state index in [1.54, 1.807) is 0 Å². The number of β-amino-alcohol motifs (C(OH)–C–C–N with tert-alkyl or cyclic N) is 1. The van der Waals surface area contributed by atoms with E-state index >= 15 is 0 Å². The van der Waals surface area contributed by atoms with Gasteiger partial charge in [-0.3, -0.25) is 0 Å². The zero-order valence-corrected chi connectivity index (χ0v) is 13.2. The average molecular weight is 297 g/mol. The van der Waals surface area contributed by atoms with Crippen molar-refractivity contribution in [2.75, 3.05) is 24.5 Å². The molecule has 0 saturated carbocycles. The Kier molecular flexibility index (Phi) is 5.70. The topological polar surface area (TPSA) is 35.5 Å². The molecule has 1 atom stereocenters. The van der Waals surface area contributed by atoms with E-state index in [9.17, 15) is 5.11 Å². The first kappa shape index (κ1) is 15.6. The zero-order valence-electron chi connectivity index (χ0n) is 12.4. The number of nitrogens with one attached hydrogen (secondary N) is 1. The summed E-state index contributed by atoms with van der Waals surface area (Å²) in [5.74, 6) is 0.641. The molecule has 1 aliphatic rings. The Morgan fingerprint density at radius 2 is 2.25 bits per heavy atom. The minimum absolute atomic E-state index is 0.223. The van der Waals surface area contributed by atoms with Crippen molar-refractivity contribution in [2.24, 2.45) is 5.92 Å². The van der Waals surface area contributed by atoms with Gasteiger partial charge in [0.15, 0.2) is 0 Å². The lowest BCUT2D eigenvalue weighted by atomic mass is 10.0. The summed E-state index contributed by atoms with van der Waals surface area (Å²) in [6.45, 7) is 7.96. The highest BCUT2D eigenvalue weighted by Crippen LogP contribution is 2.27. The van der Waals surface area contributed by atoms with Crippen molar-refractivity contribution in [3.05, 3.63) is 28.8 Å². The molecule has 0 aliphatic carbocycles. The van der Waals surface area contributed by atoms with Gasteiger partial charge in [-0.25, -0.2) is 0 Å². The Bertz CT molecular complexity index is 436. The Labute approximate surface area is 126 Å². The molecule has 2 N–H and O–H groups in total. The Morgan fingerprint density at radius 3 is 2.95 bits per heavy atom. The van der Waals surface area contributed by atoms with E-state index in [4.69, 9.17) is 11.6 Å². The van der Waals surface area contributed by atoms with Crippen LogP contribution in [0.4, 0.5) is 5.69 Å². The van der Waals surface area contributed by atoms with E-state index in [-0.39, 0.29) is 6.10 Å². The van der Waals surface area contributed by atoms with Gasteiger partial charge in [-0.2, -0.15) is 0 Å². The summed E-state index contributed by atoms with van der Waals surface area (Å²) in [6, 6.07) is 6.05. The van der Waals surface area contributed by atoms with Crippen molar-refractivity contribution in [2.45, 2.75) is 39.3 Å². The summed E-state index contributed by atoms with van der Waals surface area (Å²) < 4.78 is 0. The van der Waals surface area contributed by atoms with Crippen molar-refractivity contribution in [1.29, 1.82) is 0 Å². The average Bonchev–Trinajstić information content (AvgIpc) is 2.40. The van der Waals surface area contributed by atoms with Gasteiger partial charge in [-0.1, -0.05) is 31.5 Å². The molecule has 1 aromatic rings. The maximum atomic E-state index is 9.86. The van der Waals surface area contributed by atoms with Crippen LogP contribution in [0.3, 0.4) is 0 Å². The summed E-state index contributed by atoms with van der Waals surface area (Å²) in [5.41, 5.74) is 2.41. The van der Waals surface area contributed by atoms with Crippen LogP contribution < -0.4 is 10.2 Å². The van der Waals surface area contributed by atoms with E-state index in [2.05, 4.69) is 30.1 Å². The van der Waals surface area contributed by atoms with Crippen LogP contribution in [0.2, 0.25) is 5.02 Å². The number of benzene rings is 1. The van der Waals surface area contributed by atoms with Gasteiger partial charge in [0.1, 0.15) is 0 Å². The third-order valence-corrected chi connectivity index (χ3v) is 3.89. The molecule has 0 bridgehead atoms. The molecule has 112 valence electrons. The fourth-order valence-corrected chi connectivity index (χ4v) is 2.82. The SMILES string of the molecule is CC(C)CNCc1ccc(Cl)cc1N1CCCC(O)C1. The highest BCUT2D eigenvalue weighted by Gasteiger charge is 2.20. The molecule has 1 saturated heterocycles. The number of aliphatic hydroxyl groups is 1. The van der Waals surface area contributed by atoms with Crippen LogP contribution in [-0.2, 0) is 6.54 Å². The molecule has 1 fully saturated rings. The number of anilines is 1. The lowest BCUT2D eigenvalue weighted by Crippen LogP contribution is -2.39. The van der Waals surface area contributed by atoms with Crippen molar-refractivity contribution < 1.29 is 5.11 Å². The normalized spacial score (nSPS) is 19.6. The molecule has 0 aromatic heterocycles. The molecule has 0 amide bonds. The van der Waals surface area contributed by atoms with Gasteiger partial charge in [0.25, 0.3) is 0 Å². The van der Waals surface area contributed by atoms with Crippen LogP contribution in [0.15, 0.2) is 18.2 Å². The minimum atomic E-state index is -0.223. The van der Waals surface area contributed by atoms with E-state index in [1.807, 2.05) is 12.1 Å². The monoisotopic (exact) mass is 296 g/mol. The molecular weight excluding hydrogens is 272 g/mol. The second kappa shape index (κ2) is 7.30. The fourth-order valence-electron chi connectivity index (χ4n) is 2.65. The number of rotatable bonds is 5. The number of hydrogen-bond donors (Lipinski definition) is 2. The third-order valence-electron chi connectivity index (χ3n) is 3.65. The molecule has 1 unspecified atom stereocenters. The highest BCUT2D eigenvalue weighted by atomic mass is 35.5. The molecule has 0 radical (unpaired) electrons. The first-order valence-electron chi connectivity index (χ1n) is 7.48. The molecule has 0 spiro atoms. The maximum Gasteiger partial charge on any atom is 0.0715 e. The smallest absolute Gasteiger partial charge is 0.0715 e. The summed E-state index contributed by atoms with van der Waals surface area (Å²) in [5, 5.41) is 14.1. The molecule has 20 heavy (non-hydrogen) atoms. The lowest BCUT2D eigenvalue weighted by molar-refractivity contribution is 0.154. The zero-order chi connectivity index (χ0) is 14.5. The predicted octanol–water partition coefficient (Wildman–Crippen LogP) is 3.05. The number of nitrogens with zero attached hydrogens (tertiary/aromatic N) is 1. The van der Waals surface area contributed by atoms with Crippen LogP contribution >= 0.6 is 11.6 Å². The van der Waals surface area contributed by atoms with Gasteiger partial charge >= 0.3 is 0 Å². The van der Waals surface area contributed by atoms with Crippen LogP contribution in [0.1, 0.15) is 32.3 Å². The standard InChI is InChI=1S/C16H25ClN2O/c1-12(2)9-18-10-13-5-6-14(17)8-16(13)19-7-3-4-15(20)11-19/h5-6,8,12,15,18,20H,3-4,7,9-11H2,1-2H3. The van der Waals surface area contributed by atoms with E-state index in [1.165, 1.54) is 5.56 Å². The number of aliphatic hydroxyl groups excluding tert-OH is 1. The Morgan fingerprint density at radius 1 is 1.45 bits per heavy atom. The van der Waals surface area contributed by atoms with E-state index in [0.29, 0.717) is 12.5 Å². The number of halogens is 1. The number of piperidine rings is 1. The molecule has 1 heterocycles. The summed E-state index contributed by atoms with van der Waals surface area (Å²) in [6.07, 6.45) is 1.71. The molecule has 1 aliphatic heterocycles. The van der Waals surface area contributed by atoms with Gasteiger partial charge in [0.05, 0.1) is 6.10 Å². The summed E-state index contributed by atoms with van der Waals surface area (Å²) in [4.78, 5) is 2.26.